The minimum Gasteiger partial charge on any atom is -0.493 e. The molecule has 0 heterocycles. The quantitative estimate of drug-likeness (QED) is 0.845. The van der Waals surface area contributed by atoms with Crippen molar-refractivity contribution in [2.45, 2.75) is 37.6 Å². The highest BCUT2D eigenvalue weighted by molar-refractivity contribution is 5.89. The number of amides is 1. The number of benzene rings is 2. The summed E-state index contributed by atoms with van der Waals surface area (Å²) in [5.74, 6) is 0.894. The monoisotopic (exact) mass is 357 g/mol. The third-order valence-corrected chi connectivity index (χ3v) is 5.27. The molecule has 0 aliphatic heterocycles. The first-order valence-electron chi connectivity index (χ1n) is 8.79. The van der Waals surface area contributed by atoms with Gasteiger partial charge in [0.2, 0.25) is 5.91 Å². The van der Waals surface area contributed by atoms with Crippen LogP contribution >= 0.6 is 0 Å². The minimum atomic E-state index is -0.632. The molecule has 1 unspecified atom stereocenters. The summed E-state index contributed by atoms with van der Waals surface area (Å²) in [6.07, 6.45) is 2.44. The first kappa shape index (κ1) is 18.2. The van der Waals surface area contributed by atoms with E-state index in [-0.39, 0.29) is 17.8 Å². The van der Waals surface area contributed by atoms with Crippen LogP contribution in [0.4, 0.5) is 4.39 Å². The van der Waals surface area contributed by atoms with Crippen molar-refractivity contribution < 1.29 is 18.7 Å². The SMILES string of the molecule is COc1ccc(C(C)NC(=O)C2(c3cccc(F)c3)CCC2)cc1OC. The fourth-order valence-corrected chi connectivity index (χ4v) is 3.50. The molecule has 1 N–H and O–H groups in total. The van der Waals surface area contributed by atoms with Crippen LogP contribution in [0.2, 0.25) is 0 Å². The predicted octanol–water partition coefficient (Wildman–Crippen LogP) is 4.14. The lowest BCUT2D eigenvalue weighted by Crippen LogP contribution is -2.49. The van der Waals surface area contributed by atoms with Gasteiger partial charge in [0.25, 0.3) is 0 Å². The topological polar surface area (TPSA) is 47.6 Å². The number of hydrogen-bond donors (Lipinski definition) is 1. The van der Waals surface area contributed by atoms with Crippen molar-refractivity contribution >= 4 is 5.91 Å². The first-order chi connectivity index (χ1) is 12.5. The highest BCUT2D eigenvalue weighted by Crippen LogP contribution is 2.44. The van der Waals surface area contributed by atoms with Gasteiger partial charge in [-0.1, -0.05) is 24.6 Å². The molecule has 0 aromatic heterocycles. The Morgan fingerprint density at radius 3 is 2.42 bits per heavy atom. The van der Waals surface area contributed by atoms with E-state index in [0.717, 1.165) is 30.4 Å². The zero-order valence-corrected chi connectivity index (χ0v) is 15.3. The van der Waals surface area contributed by atoms with E-state index in [0.29, 0.717) is 11.5 Å². The molecule has 3 rings (SSSR count). The van der Waals surface area contributed by atoms with Crippen LogP contribution in [0, 0.1) is 5.82 Å². The number of carbonyl (C=O) groups excluding carboxylic acids is 1. The van der Waals surface area contributed by atoms with Crippen molar-refractivity contribution in [1.29, 1.82) is 0 Å². The van der Waals surface area contributed by atoms with E-state index in [1.807, 2.05) is 31.2 Å². The van der Waals surface area contributed by atoms with Crippen LogP contribution in [0.25, 0.3) is 0 Å². The average Bonchev–Trinajstić information content (AvgIpc) is 2.60. The van der Waals surface area contributed by atoms with Gasteiger partial charge >= 0.3 is 0 Å². The Morgan fingerprint density at radius 2 is 1.85 bits per heavy atom. The molecule has 2 aromatic rings. The van der Waals surface area contributed by atoms with Gasteiger partial charge in [-0.15, -0.1) is 0 Å². The Labute approximate surface area is 153 Å². The molecule has 138 valence electrons. The molecule has 4 nitrogen and oxygen atoms in total. The summed E-state index contributed by atoms with van der Waals surface area (Å²) in [5, 5.41) is 3.09. The summed E-state index contributed by atoms with van der Waals surface area (Å²) in [4.78, 5) is 13.0. The van der Waals surface area contributed by atoms with Crippen molar-refractivity contribution in [3.05, 3.63) is 59.4 Å². The Balaban J connectivity index is 1.80. The maximum atomic E-state index is 13.6. The molecule has 0 bridgehead atoms. The van der Waals surface area contributed by atoms with Gasteiger partial charge in [0, 0.05) is 0 Å². The molecule has 1 fully saturated rings. The van der Waals surface area contributed by atoms with E-state index >= 15 is 0 Å². The van der Waals surface area contributed by atoms with E-state index in [1.54, 1.807) is 20.3 Å². The molecule has 5 heteroatoms. The molecule has 0 radical (unpaired) electrons. The van der Waals surface area contributed by atoms with Crippen LogP contribution in [-0.4, -0.2) is 20.1 Å². The largest absolute Gasteiger partial charge is 0.493 e. The highest BCUT2D eigenvalue weighted by atomic mass is 19.1. The van der Waals surface area contributed by atoms with Gasteiger partial charge in [0.05, 0.1) is 25.7 Å². The fourth-order valence-electron chi connectivity index (χ4n) is 3.50. The molecular weight excluding hydrogens is 333 g/mol. The second-order valence-corrected chi connectivity index (χ2v) is 6.76. The number of carbonyl (C=O) groups is 1. The molecule has 26 heavy (non-hydrogen) atoms. The van der Waals surface area contributed by atoms with Crippen LogP contribution in [0.5, 0.6) is 11.5 Å². The van der Waals surface area contributed by atoms with Gasteiger partial charge in [-0.2, -0.15) is 0 Å². The van der Waals surface area contributed by atoms with Crippen molar-refractivity contribution in [3.63, 3.8) is 0 Å². The van der Waals surface area contributed by atoms with Gasteiger partial charge < -0.3 is 14.8 Å². The average molecular weight is 357 g/mol. The Hall–Kier alpha value is -2.56. The molecule has 0 spiro atoms. The van der Waals surface area contributed by atoms with E-state index < -0.39 is 5.41 Å². The summed E-state index contributed by atoms with van der Waals surface area (Å²) < 4.78 is 24.2. The van der Waals surface area contributed by atoms with Crippen molar-refractivity contribution in [1.82, 2.24) is 5.32 Å². The van der Waals surface area contributed by atoms with Gasteiger partial charge in [0.1, 0.15) is 5.82 Å². The van der Waals surface area contributed by atoms with Crippen LogP contribution < -0.4 is 14.8 Å². The lowest BCUT2D eigenvalue weighted by atomic mass is 9.63. The van der Waals surface area contributed by atoms with E-state index in [2.05, 4.69) is 5.32 Å². The third-order valence-electron chi connectivity index (χ3n) is 5.27. The Kier molecular flexibility index (Phi) is 5.16. The smallest absolute Gasteiger partial charge is 0.231 e. The summed E-state index contributed by atoms with van der Waals surface area (Å²) >= 11 is 0. The number of hydrogen-bond acceptors (Lipinski definition) is 3. The Morgan fingerprint density at radius 1 is 1.12 bits per heavy atom. The van der Waals surface area contributed by atoms with E-state index in [1.165, 1.54) is 12.1 Å². The highest BCUT2D eigenvalue weighted by Gasteiger charge is 2.46. The molecule has 1 aliphatic rings. The Bertz CT molecular complexity index is 802. The number of methoxy groups -OCH3 is 2. The summed E-state index contributed by atoms with van der Waals surface area (Å²) in [7, 11) is 3.17. The molecule has 1 saturated carbocycles. The van der Waals surface area contributed by atoms with Gasteiger partial charge in [0.15, 0.2) is 11.5 Å². The lowest BCUT2D eigenvalue weighted by molar-refractivity contribution is -0.130. The molecule has 1 amide bonds. The van der Waals surface area contributed by atoms with Crippen LogP contribution in [0.3, 0.4) is 0 Å². The second-order valence-electron chi connectivity index (χ2n) is 6.76. The fraction of sp³-hybridized carbons (Fsp3) is 0.381. The minimum absolute atomic E-state index is 0.0587. The molecular formula is C21H24FNO3. The number of ether oxygens (including phenoxy) is 2. The standard InChI is InChI=1S/C21H24FNO3/c1-14(15-8-9-18(25-2)19(12-15)26-3)23-20(24)21(10-5-11-21)16-6-4-7-17(22)13-16/h4,6-9,12-14H,5,10-11H2,1-3H3,(H,23,24). The molecule has 0 saturated heterocycles. The molecule has 2 aromatic carbocycles. The van der Waals surface area contributed by atoms with E-state index in [9.17, 15) is 9.18 Å². The second kappa shape index (κ2) is 7.36. The van der Waals surface area contributed by atoms with Crippen LogP contribution in [0.1, 0.15) is 43.4 Å². The number of halogens is 1. The van der Waals surface area contributed by atoms with E-state index in [4.69, 9.17) is 9.47 Å². The molecule has 1 atom stereocenters. The van der Waals surface area contributed by atoms with Crippen LogP contribution in [0.15, 0.2) is 42.5 Å². The maximum absolute atomic E-state index is 13.6. The van der Waals surface area contributed by atoms with Gasteiger partial charge in [-0.25, -0.2) is 4.39 Å². The maximum Gasteiger partial charge on any atom is 0.231 e. The van der Waals surface area contributed by atoms with Gasteiger partial charge in [-0.05, 0) is 55.2 Å². The summed E-state index contributed by atoms with van der Waals surface area (Å²) in [6, 6.07) is 11.8. The zero-order chi connectivity index (χ0) is 18.7. The number of nitrogens with one attached hydrogen (secondary N) is 1. The predicted molar refractivity (Wildman–Crippen MR) is 98.0 cm³/mol. The lowest BCUT2D eigenvalue weighted by Gasteiger charge is -2.41. The first-order valence-corrected chi connectivity index (χ1v) is 8.79. The molecule has 1 aliphatic carbocycles. The van der Waals surface area contributed by atoms with Crippen LogP contribution in [-0.2, 0) is 10.2 Å². The van der Waals surface area contributed by atoms with Gasteiger partial charge in [-0.3, -0.25) is 4.79 Å². The van der Waals surface area contributed by atoms with Crippen molar-refractivity contribution in [2.24, 2.45) is 0 Å². The summed E-state index contributed by atoms with van der Waals surface area (Å²) in [6.45, 7) is 1.93. The van der Waals surface area contributed by atoms with Crippen molar-refractivity contribution in [3.8, 4) is 11.5 Å². The summed E-state index contributed by atoms with van der Waals surface area (Å²) in [5.41, 5.74) is 1.04. The normalized spacial score (nSPS) is 16.3. The third kappa shape index (κ3) is 3.26. The van der Waals surface area contributed by atoms with Crippen molar-refractivity contribution in [2.75, 3.05) is 14.2 Å². The number of rotatable bonds is 6. The zero-order valence-electron chi connectivity index (χ0n) is 15.3.